The molecule has 0 aliphatic carbocycles. The number of amides is 1. The van der Waals surface area contributed by atoms with E-state index in [2.05, 4.69) is 5.32 Å². The molecular weight excluding hydrogens is 220 g/mol. The molecule has 0 saturated heterocycles. The lowest BCUT2D eigenvalue weighted by Crippen LogP contribution is -2.30. The number of aliphatic carboxylic acids is 1. The SMILES string of the molecule is Cc1ccc(N[C@@H](CCC(N)=O)C(=O)O)cc1. The summed E-state index contributed by atoms with van der Waals surface area (Å²) in [5, 5.41) is 11.8. The predicted octanol–water partition coefficient (Wildman–Crippen LogP) is 1.13. The summed E-state index contributed by atoms with van der Waals surface area (Å²) in [6.45, 7) is 1.95. The van der Waals surface area contributed by atoms with Gasteiger partial charge >= 0.3 is 5.97 Å². The number of carboxylic acid groups (broad SMARTS) is 1. The van der Waals surface area contributed by atoms with Crippen LogP contribution in [-0.4, -0.2) is 23.0 Å². The van der Waals surface area contributed by atoms with E-state index in [1.54, 1.807) is 12.1 Å². The van der Waals surface area contributed by atoms with Gasteiger partial charge < -0.3 is 16.2 Å². The summed E-state index contributed by atoms with van der Waals surface area (Å²) in [5.41, 5.74) is 6.81. The number of carboxylic acids is 1. The Hall–Kier alpha value is -2.04. The molecule has 0 aromatic heterocycles. The Balaban J connectivity index is 2.63. The normalized spacial score (nSPS) is 11.8. The number of rotatable bonds is 6. The monoisotopic (exact) mass is 236 g/mol. The predicted molar refractivity (Wildman–Crippen MR) is 64.7 cm³/mol. The highest BCUT2D eigenvalue weighted by molar-refractivity contribution is 5.79. The van der Waals surface area contributed by atoms with Crippen LogP contribution < -0.4 is 11.1 Å². The van der Waals surface area contributed by atoms with Gasteiger partial charge in [0.15, 0.2) is 0 Å². The first kappa shape index (κ1) is 13.0. The van der Waals surface area contributed by atoms with Crippen molar-refractivity contribution in [2.45, 2.75) is 25.8 Å². The van der Waals surface area contributed by atoms with Crippen molar-refractivity contribution in [2.75, 3.05) is 5.32 Å². The minimum Gasteiger partial charge on any atom is -0.480 e. The summed E-state index contributed by atoms with van der Waals surface area (Å²) in [6.07, 6.45) is 0.231. The van der Waals surface area contributed by atoms with Crippen LogP contribution in [0.25, 0.3) is 0 Å². The van der Waals surface area contributed by atoms with Crippen LogP contribution in [0.2, 0.25) is 0 Å². The van der Waals surface area contributed by atoms with Gasteiger partial charge in [0.1, 0.15) is 6.04 Å². The Morgan fingerprint density at radius 3 is 2.41 bits per heavy atom. The zero-order valence-electron chi connectivity index (χ0n) is 9.64. The van der Waals surface area contributed by atoms with Crippen molar-refractivity contribution in [1.29, 1.82) is 0 Å². The van der Waals surface area contributed by atoms with Crippen LogP contribution in [0.1, 0.15) is 18.4 Å². The van der Waals surface area contributed by atoms with Crippen molar-refractivity contribution in [2.24, 2.45) is 5.73 Å². The Morgan fingerprint density at radius 1 is 1.35 bits per heavy atom. The average Bonchev–Trinajstić information content (AvgIpc) is 2.26. The molecule has 0 bridgehead atoms. The smallest absolute Gasteiger partial charge is 0.326 e. The third-order valence-electron chi connectivity index (χ3n) is 2.37. The molecule has 1 amide bonds. The second kappa shape index (κ2) is 5.89. The summed E-state index contributed by atoms with van der Waals surface area (Å²) in [4.78, 5) is 21.6. The van der Waals surface area contributed by atoms with Crippen LogP contribution in [0.3, 0.4) is 0 Å². The first-order valence-corrected chi connectivity index (χ1v) is 5.33. The Morgan fingerprint density at radius 2 is 1.94 bits per heavy atom. The van der Waals surface area contributed by atoms with E-state index < -0.39 is 17.9 Å². The molecule has 0 saturated carbocycles. The number of carbonyl (C=O) groups excluding carboxylic acids is 1. The Bertz CT molecular complexity index is 401. The fourth-order valence-corrected chi connectivity index (χ4v) is 1.39. The van der Waals surface area contributed by atoms with Crippen molar-refractivity contribution >= 4 is 17.6 Å². The van der Waals surface area contributed by atoms with E-state index in [4.69, 9.17) is 10.8 Å². The fraction of sp³-hybridized carbons (Fsp3) is 0.333. The van der Waals surface area contributed by atoms with E-state index in [9.17, 15) is 9.59 Å². The van der Waals surface area contributed by atoms with Gasteiger partial charge in [-0.15, -0.1) is 0 Å². The molecule has 5 heteroatoms. The van der Waals surface area contributed by atoms with Crippen LogP contribution in [0.4, 0.5) is 5.69 Å². The topological polar surface area (TPSA) is 92.4 Å². The van der Waals surface area contributed by atoms with E-state index in [0.29, 0.717) is 5.69 Å². The first-order valence-electron chi connectivity index (χ1n) is 5.33. The van der Waals surface area contributed by atoms with E-state index in [-0.39, 0.29) is 12.8 Å². The zero-order valence-corrected chi connectivity index (χ0v) is 9.64. The molecule has 0 heterocycles. The summed E-state index contributed by atoms with van der Waals surface area (Å²) in [6, 6.07) is 6.57. The molecule has 0 spiro atoms. The number of hydrogen-bond donors (Lipinski definition) is 3. The van der Waals surface area contributed by atoms with E-state index in [1.807, 2.05) is 19.1 Å². The summed E-state index contributed by atoms with van der Waals surface area (Å²) < 4.78 is 0. The van der Waals surface area contributed by atoms with Crippen molar-refractivity contribution < 1.29 is 14.7 Å². The van der Waals surface area contributed by atoms with Crippen LogP contribution in [0, 0.1) is 6.92 Å². The number of anilines is 1. The maximum absolute atomic E-state index is 11.0. The zero-order chi connectivity index (χ0) is 12.8. The molecule has 0 fully saturated rings. The second-order valence-corrected chi connectivity index (χ2v) is 3.91. The molecule has 4 N–H and O–H groups in total. The van der Waals surface area contributed by atoms with Gasteiger partial charge in [0.2, 0.25) is 5.91 Å². The average molecular weight is 236 g/mol. The molecule has 1 atom stereocenters. The first-order chi connectivity index (χ1) is 7.99. The standard InChI is InChI=1S/C12H16N2O3/c1-8-2-4-9(5-3-8)14-10(12(16)17)6-7-11(13)15/h2-5,10,14H,6-7H2,1H3,(H2,13,15)(H,16,17)/t10-/m0/s1. The van der Waals surface area contributed by atoms with Gasteiger partial charge in [0.25, 0.3) is 0 Å². The van der Waals surface area contributed by atoms with Crippen molar-refractivity contribution in [1.82, 2.24) is 0 Å². The molecule has 0 aliphatic heterocycles. The van der Waals surface area contributed by atoms with Crippen molar-refractivity contribution in [3.05, 3.63) is 29.8 Å². The third kappa shape index (κ3) is 4.55. The number of hydrogen-bond acceptors (Lipinski definition) is 3. The maximum atomic E-state index is 11.0. The van der Waals surface area contributed by atoms with Crippen LogP contribution in [-0.2, 0) is 9.59 Å². The lowest BCUT2D eigenvalue weighted by atomic mass is 10.1. The van der Waals surface area contributed by atoms with E-state index in [1.165, 1.54) is 0 Å². The number of aryl methyl sites for hydroxylation is 1. The minimum atomic E-state index is -0.994. The highest BCUT2D eigenvalue weighted by atomic mass is 16.4. The summed E-state index contributed by atoms with van der Waals surface area (Å²) >= 11 is 0. The third-order valence-corrected chi connectivity index (χ3v) is 2.37. The lowest BCUT2D eigenvalue weighted by molar-refractivity contribution is -0.138. The van der Waals surface area contributed by atoms with Gasteiger partial charge in [0.05, 0.1) is 0 Å². The maximum Gasteiger partial charge on any atom is 0.326 e. The summed E-state index contributed by atoms with van der Waals surface area (Å²) in [5.74, 6) is -1.49. The van der Waals surface area contributed by atoms with E-state index >= 15 is 0 Å². The largest absolute Gasteiger partial charge is 0.480 e. The van der Waals surface area contributed by atoms with Crippen LogP contribution >= 0.6 is 0 Å². The number of nitrogens with two attached hydrogens (primary N) is 1. The number of nitrogens with one attached hydrogen (secondary N) is 1. The van der Waals surface area contributed by atoms with Gasteiger partial charge in [-0.3, -0.25) is 4.79 Å². The fourth-order valence-electron chi connectivity index (χ4n) is 1.39. The Labute approximate surface area is 99.6 Å². The Kier molecular flexibility index (Phi) is 4.51. The van der Waals surface area contributed by atoms with Gasteiger partial charge in [-0.05, 0) is 25.5 Å². The van der Waals surface area contributed by atoms with Crippen molar-refractivity contribution in [3.63, 3.8) is 0 Å². The van der Waals surface area contributed by atoms with Crippen LogP contribution in [0.5, 0.6) is 0 Å². The van der Waals surface area contributed by atoms with Crippen molar-refractivity contribution in [3.8, 4) is 0 Å². The number of primary amides is 1. The van der Waals surface area contributed by atoms with E-state index in [0.717, 1.165) is 5.56 Å². The highest BCUT2D eigenvalue weighted by Gasteiger charge is 2.17. The molecular formula is C12H16N2O3. The van der Waals surface area contributed by atoms with Crippen LogP contribution in [0.15, 0.2) is 24.3 Å². The van der Waals surface area contributed by atoms with Gasteiger partial charge in [-0.2, -0.15) is 0 Å². The molecule has 0 aliphatic rings. The van der Waals surface area contributed by atoms with Gasteiger partial charge in [-0.25, -0.2) is 4.79 Å². The van der Waals surface area contributed by atoms with Gasteiger partial charge in [0, 0.05) is 12.1 Å². The highest BCUT2D eigenvalue weighted by Crippen LogP contribution is 2.12. The molecule has 1 rings (SSSR count). The van der Waals surface area contributed by atoms with Gasteiger partial charge in [-0.1, -0.05) is 17.7 Å². The molecule has 1 aromatic carbocycles. The molecule has 1 aromatic rings. The molecule has 17 heavy (non-hydrogen) atoms. The minimum absolute atomic E-state index is 0.0514. The molecule has 5 nitrogen and oxygen atoms in total. The molecule has 0 radical (unpaired) electrons. The number of benzene rings is 1. The molecule has 0 unspecified atom stereocenters. The molecule has 92 valence electrons. The number of carbonyl (C=O) groups is 2. The lowest BCUT2D eigenvalue weighted by Gasteiger charge is -2.15. The summed E-state index contributed by atoms with van der Waals surface area (Å²) in [7, 11) is 0. The second-order valence-electron chi connectivity index (χ2n) is 3.91. The quantitative estimate of drug-likeness (QED) is 0.690.